The molecule has 14 heavy (non-hydrogen) atoms. The van der Waals surface area contributed by atoms with Crippen LogP contribution >= 0.6 is 0 Å². The van der Waals surface area contributed by atoms with Crippen molar-refractivity contribution in [1.82, 2.24) is 9.97 Å². The average molecular weight is 195 g/mol. The van der Waals surface area contributed by atoms with Gasteiger partial charge in [0, 0.05) is 12.4 Å². The molecular weight excluding hydrogens is 182 g/mol. The molecule has 2 rings (SSSR count). The highest BCUT2D eigenvalue weighted by Gasteiger charge is 2.26. The van der Waals surface area contributed by atoms with Gasteiger partial charge in [-0.3, -0.25) is 0 Å². The van der Waals surface area contributed by atoms with Gasteiger partial charge in [0.15, 0.2) is 0 Å². The fraction of sp³-hybridized carbons (Fsp3) is 0.556. The number of nitrogens with zero attached hydrogens (tertiary/aromatic N) is 2. The second-order valence-electron chi connectivity index (χ2n) is 3.44. The van der Waals surface area contributed by atoms with E-state index in [1.165, 1.54) is 0 Å². The summed E-state index contributed by atoms with van der Waals surface area (Å²) < 4.78 is 5.10. The van der Waals surface area contributed by atoms with Crippen LogP contribution in [-0.4, -0.2) is 40.4 Å². The summed E-state index contributed by atoms with van der Waals surface area (Å²) in [5.41, 5.74) is 1.01. The normalized spacial score (nSPS) is 26.4. The minimum atomic E-state index is -0.472. The minimum Gasteiger partial charge on any atom is -0.388 e. The lowest BCUT2D eigenvalue weighted by molar-refractivity contribution is 0.125. The van der Waals surface area contributed by atoms with E-state index in [1.807, 2.05) is 6.92 Å². The second-order valence-corrected chi connectivity index (χ2v) is 3.44. The number of aromatic nitrogens is 2. The van der Waals surface area contributed by atoms with E-state index in [0.29, 0.717) is 19.2 Å². The standard InChI is InChI=1S/C9H13N3O2/c1-6-2-10-9(11-3-6)12-7-4-14-5-8(7)13/h2-3,7-8,13H,4-5H2,1H3,(H,10,11,12)/t7-,8-/m1/s1. The van der Waals surface area contributed by atoms with Crippen molar-refractivity contribution in [2.45, 2.75) is 19.1 Å². The molecule has 2 heterocycles. The Morgan fingerprint density at radius 1 is 1.43 bits per heavy atom. The number of hydrogen-bond donors (Lipinski definition) is 2. The Hall–Kier alpha value is -1.20. The smallest absolute Gasteiger partial charge is 0.222 e. The SMILES string of the molecule is Cc1cnc(N[C@@H]2COC[C@H]2O)nc1. The maximum absolute atomic E-state index is 9.46. The predicted octanol–water partition coefficient (Wildman–Crippen LogP) is -0.0434. The van der Waals surface area contributed by atoms with Gasteiger partial charge in [0.2, 0.25) is 5.95 Å². The number of hydrogen-bond acceptors (Lipinski definition) is 5. The lowest BCUT2D eigenvalue weighted by atomic mass is 10.2. The first-order valence-electron chi connectivity index (χ1n) is 4.57. The van der Waals surface area contributed by atoms with Gasteiger partial charge in [0.1, 0.15) is 0 Å². The lowest BCUT2D eigenvalue weighted by Gasteiger charge is -2.13. The molecule has 2 N–H and O–H groups in total. The minimum absolute atomic E-state index is 0.0993. The molecule has 1 fully saturated rings. The molecule has 2 atom stereocenters. The Labute approximate surface area is 82.1 Å². The molecule has 1 aliphatic heterocycles. The van der Waals surface area contributed by atoms with Crippen LogP contribution < -0.4 is 5.32 Å². The van der Waals surface area contributed by atoms with Gasteiger partial charge in [0.25, 0.3) is 0 Å². The van der Waals surface area contributed by atoms with Crippen LogP contribution in [0.25, 0.3) is 0 Å². The van der Waals surface area contributed by atoms with Crippen molar-refractivity contribution in [1.29, 1.82) is 0 Å². The first-order chi connectivity index (χ1) is 6.75. The van der Waals surface area contributed by atoms with Gasteiger partial charge in [0.05, 0.1) is 25.4 Å². The molecule has 1 aromatic rings. The molecule has 0 saturated carbocycles. The zero-order valence-corrected chi connectivity index (χ0v) is 7.97. The fourth-order valence-corrected chi connectivity index (χ4v) is 1.31. The summed E-state index contributed by atoms with van der Waals surface area (Å²) >= 11 is 0. The van der Waals surface area contributed by atoms with Crippen molar-refractivity contribution in [3.63, 3.8) is 0 Å². The van der Waals surface area contributed by atoms with Gasteiger partial charge in [-0.1, -0.05) is 0 Å². The molecular formula is C9H13N3O2. The highest BCUT2D eigenvalue weighted by molar-refractivity contribution is 5.27. The molecule has 1 saturated heterocycles. The van der Waals surface area contributed by atoms with E-state index < -0.39 is 6.10 Å². The summed E-state index contributed by atoms with van der Waals surface area (Å²) in [6.07, 6.45) is 2.99. The van der Waals surface area contributed by atoms with Crippen molar-refractivity contribution in [3.05, 3.63) is 18.0 Å². The van der Waals surface area contributed by atoms with Gasteiger partial charge in [-0.15, -0.1) is 0 Å². The van der Waals surface area contributed by atoms with Crippen molar-refractivity contribution in [2.75, 3.05) is 18.5 Å². The van der Waals surface area contributed by atoms with E-state index in [0.717, 1.165) is 5.56 Å². The third-order valence-corrected chi connectivity index (χ3v) is 2.15. The van der Waals surface area contributed by atoms with Crippen LogP contribution in [0.3, 0.4) is 0 Å². The van der Waals surface area contributed by atoms with Crippen LogP contribution in [0, 0.1) is 6.92 Å². The first-order valence-corrected chi connectivity index (χ1v) is 4.57. The summed E-state index contributed by atoms with van der Waals surface area (Å²) in [6, 6.07) is -0.0993. The van der Waals surface area contributed by atoms with Crippen LogP contribution in [0.5, 0.6) is 0 Å². The van der Waals surface area contributed by atoms with Gasteiger partial charge in [-0.2, -0.15) is 0 Å². The predicted molar refractivity (Wildman–Crippen MR) is 51.0 cm³/mol. The van der Waals surface area contributed by atoms with E-state index in [9.17, 15) is 5.11 Å². The monoisotopic (exact) mass is 195 g/mol. The molecule has 0 spiro atoms. The number of anilines is 1. The van der Waals surface area contributed by atoms with E-state index in [1.54, 1.807) is 12.4 Å². The molecule has 0 unspecified atom stereocenters. The quantitative estimate of drug-likeness (QED) is 0.693. The molecule has 1 aromatic heterocycles. The molecule has 76 valence electrons. The van der Waals surface area contributed by atoms with Crippen LogP contribution in [0.4, 0.5) is 5.95 Å². The van der Waals surface area contributed by atoms with E-state index in [4.69, 9.17) is 4.74 Å². The first kappa shape index (κ1) is 9.36. The van der Waals surface area contributed by atoms with E-state index in [2.05, 4.69) is 15.3 Å². The molecule has 0 aliphatic carbocycles. The van der Waals surface area contributed by atoms with Gasteiger partial charge in [-0.25, -0.2) is 9.97 Å². The number of aliphatic hydroxyl groups is 1. The second kappa shape index (κ2) is 3.89. The van der Waals surface area contributed by atoms with Gasteiger partial charge in [-0.05, 0) is 12.5 Å². The molecule has 1 aliphatic rings. The Morgan fingerprint density at radius 2 is 2.14 bits per heavy atom. The van der Waals surface area contributed by atoms with E-state index in [-0.39, 0.29) is 6.04 Å². The van der Waals surface area contributed by atoms with Gasteiger partial charge >= 0.3 is 0 Å². The summed E-state index contributed by atoms with van der Waals surface area (Å²) in [5.74, 6) is 0.533. The Balaban J connectivity index is 2.00. The summed E-state index contributed by atoms with van der Waals surface area (Å²) in [6.45, 7) is 2.80. The number of rotatable bonds is 2. The van der Waals surface area contributed by atoms with Crippen LogP contribution in [0.2, 0.25) is 0 Å². The Kier molecular flexibility index (Phi) is 2.60. The summed E-state index contributed by atoms with van der Waals surface area (Å²) in [5, 5.41) is 12.5. The molecule has 0 bridgehead atoms. The third kappa shape index (κ3) is 2.00. The van der Waals surface area contributed by atoms with E-state index >= 15 is 0 Å². The fourth-order valence-electron chi connectivity index (χ4n) is 1.31. The maximum atomic E-state index is 9.46. The number of nitrogens with one attached hydrogen (secondary N) is 1. The Morgan fingerprint density at radius 3 is 2.71 bits per heavy atom. The average Bonchev–Trinajstić information content (AvgIpc) is 2.56. The molecule has 0 radical (unpaired) electrons. The highest BCUT2D eigenvalue weighted by atomic mass is 16.5. The summed E-state index contributed by atoms with van der Waals surface area (Å²) in [7, 11) is 0. The van der Waals surface area contributed by atoms with Crippen molar-refractivity contribution in [3.8, 4) is 0 Å². The number of aryl methyl sites for hydroxylation is 1. The largest absolute Gasteiger partial charge is 0.388 e. The zero-order chi connectivity index (χ0) is 9.97. The van der Waals surface area contributed by atoms with Crippen molar-refractivity contribution >= 4 is 5.95 Å². The maximum Gasteiger partial charge on any atom is 0.222 e. The topological polar surface area (TPSA) is 67.3 Å². The summed E-state index contributed by atoms with van der Waals surface area (Å²) in [4.78, 5) is 8.17. The Bertz CT molecular complexity index is 301. The van der Waals surface area contributed by atoms with Crippen LogP contribution in [-0.2, 0) is 4.74 Å². The molecule has 0 amide bonds. The zero-order valence-electron chi connectivity index (χ0n) is 7.97. The van der Waals surface area contributed by atoms with Crippen LogP contribution in [0.15, 0.2) is 12.4 Å². The highest BCUT2D eigenvalue weighted by Crippen LogP contribution is 2.10. The number of aliphatic hydroxyl groups excluding tert-OH is 1. The molecule has 5 heteroatoms. The molecule has 0 aromatic carbocycles. The molecule has 5 nitrogen and oxygen atoms in total. The third-order valence-electron chi connectivity index (χ3n) is 2.15. The number of ether oxygens (including phenoxy) is 1. The van der Waals surface area contributed by atoms with Gasteiger partial charge < -0.3 is 15.2 Å². The van der Waals surface area contributed by atoms with Crippen LogP contribution in [0.1, 0.15) is 5.56 Å². The lowest BCUT2D eigenvalue weighted by Crippen LogP contribution is -2.32. The van der Waals surface area contributed by atoms with Crippen molar-refractivity contribution < 1.29 is 9.84 Å². The van der Waals surface area contributed by atoms with Crippen molar-refractivity contribution in [2.24, 2.45) is 0 Å².